The molecule has 158 valence electrons. The van der Waals surface area contributed by atoms with Crippen molar-refractivity contribution in [3.8, 4) is 0 Å². The molecule has 1 unspecified atom stereocenters. The fourth-order valence-electron chi connectivity index (χ4n) is 3.27. The van der Waals surface area contributed by atoms with Crippen molar-refractivity contribution >= 4 is 29.3 Å². The van der Waals surface area contributed by atoms with Gasteiger partial charge in [0.15, 0.2) is 0 Å². The first-order valence-corrected chi connectivity index (χ1v) is 9.85. The number of para-hydroxylation sites is 1. The van der Waals surface area contributed by atoms with Gasteiger partial charge in [-0.05, 0) is 25.0 Å². The maximum Gasteiger partial charge on any atom is 0.253 e. The predicted octanol–water partition coefficient (Wildman–Crippen LogP) is 1.52. The van der Waals surface area contributed by atoms with E-state index in [1.165, 1.54) is 0 Å². The van der Waals surface area contributed by atoms with E-state index in [4.69, 9.17) is 5.73 Å². The van der Waals surface area contributed by atoms with Gasteiger partial charge in [-0.1, -0.05) is 32.9 Å². The van der Waals surface area contributed by atoms with Crippen molar-refractivity contribution in [2.45, 2.75) is 40.0 Å². The molecule has 1 aromatic rings. The Kier molecular flexibility index (Phi) is 7.36. The summed E-state index contributed by atoms with van der Waals surface area (Å²) in [5.74, 6) is -1.41. The van der Waals surface area contributed by atoms with Crippen LogP contribution in [0, 0.1) is 11.3 Å². The first-order valence-electron chi connectivity index (χ1n) is 9.85. The Bertz CT molecular complexity index is 785. The van der Waals surface area contributed by atoms with Crippen molar-refractivity contribution in [1.82, 2.24) is 10.2 Å². The van der Waals surface area contributed by atoms with Crippen LogP contribution in [0.3, 0.4) is 0 Å². The second kappa shape index (κ2) is 9.54. The van der Waals surface area contributed by atoms with Crippen molar-refractivity contribution < 1.29 is 19.2 Å². The smallest absolute Gasteiger partial charge is 0.253 e. The van der Waals surface area contributed by atoms with E-state index in [2.05, 4.69) is 10.6 Å². The highest BCUT2D eigenvalue weighted by atomic mass is 16.2. The van der Waals surface area contributed by atoms with Crippen LogP contribution in [0.4, 0.5) is 5.69 Å². The molecule has 0 aliphatic carbocycles. The molecule has 8 nitrogen and oxygen atoms in total. The van der Waals surface area contributed by atoms with Crippen molar-refractivity contribution in [2.75, 3.05) is 25.0 Å². The fourth-order valence-corrected chi connectivity index (χ4v) is 3.27. The minimum atomic E-state index is -0.501. The molecule has 1 aliphatic rings. The third-order valence-corrected chi connectivity index (χ3v) is 4.81. The van der Waals surface area contributed by atoms with Gasteiger partial charge in [0, 0.05) is 31.5 Å². The van der Waals surface area contributed by atoms with Gasteiger partial charge >= 0.3 is 0 Å². The maximum atomic E-state index is 12.8. The molecule has 1 fully saturated rings. The lowest BCUT2D eigenvalue weighted by molar-refractivity contribution is -0.142. The van der Waals surface area contributed by atoms with Crippen LogP contribution in [0.15, 0.2) is 24.3 Å². The fraction of sp³-hybridized carbons (Fsp3) is 0.524. The van der Waals surface area contributed by atoms with Gasteiger partial charge in [0.05, 0.1) is 17.2 Å². The second-order valence-corrected chi connectivity index (χ2v) is 8.35. The summed E-state index contributed by atoms with van der Waals surface area (Å²) in [4.78, 5) is 50.3. The van der Waals surface area contributed by atoms with Crippen LogP contribution in [0.25, 0.3) is 0 Å². The van der Waals surface area contributed by atoms with Crippen LogP contribution in [0.2, 0.25) is 0 Å². The number of carbonyl (C=O) groups excluding carboxylic acids is 4. The highest BCUT2D eigenvalue weighted by molar-refractivity contribution is 6.04. The molecule has 1 atom stereocenters. The molecule has 0 saturated carbocycles. The lowest BCUT2D eigenvalue weighted by Gasteiger charge is -2.36. The van der Waals surface area contributed by atoms with Gasteiger partial charge in [-0.3, -0.25) is 19.2 Å². The van der Waals surface area contributed by atoms with E-state index < -0.39 is 17.2 Å². The Morgan fingerprint density at radius 1 is 1.17 bits per heavy atom. The molecule has 1 aromatic carbocycles. The molecule has 0 aromatic heterocycles. The molecular weight excluding hydrogens is 372 g/mol. The number of rotatable bonds is 6. The van der Waals surface area contributed by atoms with Gasteiger partial charge in [-0.25, -0.2) is 0 Å². The molecule has 0 bridgehead atoms. The summed E-state index contributed by atoms with van der Waals surface area (Å²) < 4.78 is 0. The Morgan fingerprint density at radius 2 is 1.86 bits per heavy atom. The molecule has 2 rings (SSSR count). The zero-order chi connectivity index (χ0) is 21.6. The van der Waals surface area contributed by atoms with Crippen molar-refractivity contribution in [2.24, 2.45) is 17.1 Å². The van der Waals surface area contributed by atoms with E-state index in [-0.39, 0.29) is 30.7 Å². The van der Waals surface area contributed by atoms with Gasteiger partial charge in [0.1, 0.15) is 0 Å². The Labute approximate surface area is 171 Å². The van der Waals surface area contributed by atoms with E-state index in [1.807, 2.05) is 20.8 Å². The molecule has 0 radical (unpaired) electrons. The Balaban J connectivity index is 2.04. The van der Waals surface area contributed by atoms with E-state index in [0.717, 1.165) is 6.42 Å². The predicted molar refractivity (Wildman–Crippen MR) is 110 cm³/mol. The zero-order valence-corrected chi connectivity index (χ0v) is 17.3. The van der Waals surface area contributed by atoms with Gasteiger partial charge in [-0.15, -0.1) is 0 Å². The number of piperidine rings is 1. The second-order valence-electron chi connectivity index (χ2n) is 8.35. The molecule has 1 saturated heterocycles. The lowest BCUT2D eigenvalue weighted by Crippen LogP contribution is -2.47. The standard InChI is InChI=1S/C21H30N4O4/c1-21(2,3)20(29)25-12-6-7-14(13-25)18(27)24-16-9-5-4-8-15(16)19(28)23-11-10-17(22)26/h4-5,8-9,14H,6-7,10-13H2,1-3H3,(H2,22,26)(H,23,28)(H,24,27). The number of likely N-dealkylation sites (tertiary alicyclic amines) is 1. The number of nitrogens with two attached hydrogens (primary N) is 1. The van der Waals surface area contributed by atoms with Crippen molar-refractivity contribution in [1.29, 1.82) is 0 Å². The molecule has 1 aliphatic heterocycles. The van der Waals surface area contributed by atoms with Crippen LogP contribution in [0.5, 0.6) is 0 Å². The number of anilines is 1. The third-order valence-electron chi connectivity index (χ3n) is 4.81. The molecule has 4 N–H and O–H groups in total. The first kappa shape index (κ1) is 22.4. The molecule has 0 spiro atoms. The quantitative estimate of drug-likeness (QED) is 0.668. The van der Waals surface area contributed by atoms with Gasteiger partial charge < -0.3 is 21.3 Å². The summed E-state index contributed by atoms with van der Waals surface area (Å²) >= 11 is 0. The molecule has 29 heavy (non-hydrogen) atoms. The minimum Gasteiger partial charge on any atom is -0.370 e. The largest absolute Gasteiger partial charge is 0.370 e. The van der Waals surface area contributed by atoms with E-state index in [9.17, 15) is 19.2 Å². The Hall–Kier alpha value is -2.90. The summed E-state index contributed by atoms with van der Waals surface area (Å²) in [6, 6.07) is 6.68. The monoisotopic (exact) mass is 402 g/mol. The van der Waals surface area contributed by atoms with Gasteiger partial charge in [0.2, 0.25) is 17.7 Å². The molecular formula is C21H30N4O4. The molecule has 1 heterocycles. The summed E-state index contributed by atoms with van der Waals surface area (Å²) in [7, 11) is 0. The minimum absolute atomic E-state index is 0.0317. The van der Waals surface area contributed by atoms with E-state index in [0.29, 0.717) is 30.8 Å². The third kappa shape index (κ3) is 6.30. The number of hydrogen-bond donors (Lipinski definition) is 3. The maximum absolute atomic E-state index is 12.8. The number of nitrogens with zero attached hydrogens (tertiary/aromatic N) is 1. The zero-order valence-electron chi connectivity index (χ0n) is 17.3. The number of carbonyl (C=O) groups is 4. The topological polar surface area (TPSA) is 122 Å². The summed E-state index contributed by atoms with van der Waals surface area (Å²) in [6.07, 6.45) is 1.49. The highest BCUT2D eigenvalue weighted by Crippen LogP contribution is 2.25. The van der Waals surface area contributed by atoms with Crippen LogP contribution < -0.4 is 16.4 Å². The van der Waals surface area contributed by atoms with E-state index >= 15 is 0 Å². The first-order chi connectivity index (χ1) is 13.6. The van der Waals surface area contributed by atoms with Crippen molar-refractivity contribution in [3.63, 3.8) is 0 Å². The van der Waals surface area contributed by atoms with Crippen LogP contribution in [0.1, 0.15) is 50.4 Å². The Morgan fingerprint density at radius 3 is 2.52 bits per heavy atom. The molecule has 4 amide bonds. The number of primary amides is 1. The number of hydrogen-bond acceptors (Lipinski definition) is 4. The van der Waals surface area contributed by atoms with Gasteiger partial charge in [-0.2, -0.15) is 0 Å². The summed E-state index contributed by atoms with van der Waals surface area (Å²) in [5.41, 5.74) is 5.29. The number of benzene rings is 1. The van der Waals surface area contributed by atoms with Gasteiger partial charge in [0.25, 0.3) is 5.91 Å². The van der Waals surface area contributed by atoms with Crippen LogP contribution >= 0.6 is 0 Å². The highest BCUT2D eigenvalue weighted by Gasteiger charge is 2.33. The molecule has 8 heteroatoms. The van der Waals surface area contributed by atoms with Crippen LogP contribution in [-0.4, -0.2) is 48.2 Å². The van der Waals surface area contributed by atoms with Crippen molar-refractivity contribution in [3.05, 3.63) is 29.8 Å². The lowest BCUT2D eigenvalue weighted by atomic mass is 9.91. The van der Waals surface area contributed by atoms with E-state index in [1.54, 1.807) is 29.2 Å². The average molecular weight is 402 g/mol. The summed E-state index contributed by atoms with van der Waals surface area (Å²) in [6.45, 7) is 6.75. The number of amides is 4. The van der Waals surface area contributed by atoms with Crippen LogP contribution in [-0.2, 0) is 14.4 Å². The normalized spacial score (nSPS) is 16.8. The SMILES string of the molecule is CC(C)(C)C(=O)N1CCCC(C(=O)Nc2ccccc2C(=O)NCCC(N)=O)C1. The number of nitrogens with one attached hydrogen (secondary N) is 2. The summed E-state index contributed by atoms with van der Waals surface area (Å²) in [5, 5.41) is 5.45. The average Bonchev–Trinajstić information content (AvgIpc) is 2.66.